The predicted octanol–water partition coefficient (Wildman–Crippen LogP) is -2.90. The summed E-state index contributed by atoms with van der Waals surface area (Å²) in [7, 11) is 0. The van der Waals surface area contributed by atoms with E-state index in [0.29, 0.717) is 0 Å². The number of carbonyl (C=O) groups excluding carboxylic acids is 2. The van der Waals surface area contributed by atoms with E-state index in [1.807, 2.05) is 0 Å². The van der Waals surface area contributed by atoms with Gasteiger partial charge in [0.1, 0.15) is 24.4 Å². The molecule has 0 aliphatic heterocycles. The minimum atomic E-state index is -1.83. The van der Waals surface area contributed by atoms with Crippen LogP contribution in [0.4, 0.5) is 0 Å². The van der Waals surface area contributed by atoms with Crippen molar-refractivity contribution >= 4 is 11.6 Å². The first kappa shape index (κ1) is 15.9. The van der Waals surface area contributed by atoms with Gasteiger partial charge in [0.05, 0.1) is 6.61 Å². The molecule has 17 heavy (non-hydrogen) atoms. The molecule has 0 aromatic carbocycles. The fraction of sp³-hybridized carbons (Fsp3) is 0.600. The summed E-state index contributed by atoms with van der Waals surface area (Å²) < 4.78 is 0. The molecule has 0 spiro atoms. The molecule has 98 valence electrons. The Bertz CT molecular complexity index is 303. The molecule has 0 fully saturated rings. The van der Waals surface area contributed by atoms with Gasteiger partial charge in [-0.2, -0.15) is 0 Å². The molecular weight excluding hydrogens is 230 g/mol. The topological polar surface area (TPSA) is 141 Å². The molecule has 0 aliphatic carbocycles. The van der Waals surface area contributed by atoms with Gasteiger partial charge in [0.15, 0.2) is 0 Å². The van der Waals surface area contributed by atoms with Gasteiger partial charge in [-0.05, 0) is 13.0 Å². The van der Waals surface area contributed by atoms with E-state index < -0.39 is 42.5 Å². The number of ketones is 2. The fourth-order valence-corrected chi connectivity index (χ4v) is 1.10. The molecule has 0 aromatic rings. The fourth-order valence-electron chi connectivity index (χ4n) is 1.10. The molecule has 0 bridgehead atoms. The lowest BCUT2D eigenvalue weighted by Gasteiger charge is -2.24. The zero-order valence-corrected chi connectivity index (χ0v) is 9.35. The van der Waals surface area contributed by atoms with E-state index in [2.05, 4.69) is 0 Å². The van der Waals surface area contributed by atoms with E-state index >= 15 is 0 Å². The molecule has 0 rings (SSSR count). The van der Waals surface area contributed by atoms with Crippen LogP contribution in [0.3, 0.4) is 0 Å². The van der Waals surface area contributed by atoms with Crippen molar-refractivity contribution in [2.24, 2.45) is 5.73 Å². The van der Waals surface area contributed by atoms with E-state index in [1.54, 1.807) is 0 Å². The summed E-state index contributed by atoms with van der Waals surface area (Å²) in [6.07, 6.45) is -2.97. The second-order valence-corrected chi connectivity index (χ2v) is 3.49. The number of hydrogen-bond donors (Lipinski definition) is 5. The van der Waals surface area contributed by atoms with Crippen LogP contribution < -0.4 is 5.73 Å². The van der Waals surface area contributed by atoms with Crippen LogP contribution in [0.5, 0.6) is 0 Å². The van der Waals surface area contributed by atoms with Crippen LogP contribution >= 0.6 is 0 Å². The van der Waals surface area contributed by atoms with Gasteiger partial charge < -0.3 is 26.2 Å². The van der Waals surface area contributed by atoms with E-state index in [9.17, 15) is 19.8 Å². The van der Waals surface area contributed by atoms with E-state index in [-0.39, 0.29) is 0 Å². The lowest BCUT2D eigenvalue weighted by atomic mass is 9.96. The van der Waals surface area contributed by atoms with E-state index in [0.717, 1.165) is 6.08 Å². The van der Waals surface area contributed by atoms with Crippen molar-refractivity contribution in [3.63, 3.8) is 0 Å². The highest BCUT2D eigenvalue weighted by molar-refractivity contribution is 6.43. The largest absolute Gasteiger partial charge is 0.394 e. The molecule has 7 nitrogen and oxygen atoms in total. The zero-order chi connectivity index (χ0) is 13.6. The molecule has 6 N–H and O–H groups in total. The van der Waals surface area contributed by atoms with Gasteiger partial charge in [-0.25, -0.2) is 0 Å². The van der Waals surface area contributed by atoms with Crippen LogP contribution in [0.1, 0.15) is 6.92 Å². The summed E-state index contributed by atoms with van der Waals surface area (Å²) in [5, 5.41) is 36.3. The van der Waals surface area contributed by atoms with Gasteiger partial charge in [-0.15, -0.1) is 0 Å². The minimum Gasteiger partial charge on any atom is -0.394 e. The van der Waals surface area contributed by atoms with Crippen LogP contribution in [-0.2, 0) is 9.59 Å². The van der Waals surface area contributed by atoms with Crippen molar-refractivity contribution < 1.29 is 30.0 Å². The van der Waals surface area contributed by atoms with Crippen molar-refractivity contribution in [3.8, 4) is 0 Å². The van der Waals surface area contributed by atoms with Crippen molar-refractivity contribution in [2.75, 3.05) is 6.61 Å². The third-order valence-corrected chi connectivity index (χ3v) is 2.16. The van der Waals surface area contributed by atoms with Gasteiger partial charge in [0, 0.05) is 0 Å². The number of hydrogen-bond acceptors (Lipinski definition) is 7. The summed E-state index contributed by atoms with van der Waals surface area (Å²) in [4.78, 5) is 22.5. The van der Waals surface area contributed by atoms with Crippen LogP contribution in [0.15, 0.2) is 12.2 Å². The average Bonchev–Trinajstić information content (AvgIpc) is 2.34. The third kappa shape index (κ3) is 4.33. The number of Topliss-reactive ketones (excluding diaryl/α,β-unsaturated/α-hetero) is 1. The highest BCUT2D eigenvalue weighted by Gasteiger charge is 2.34. The average molecular weight is 247 g/mol. The Morgan fingerprint density at radius 3 is 2.18 bits per heavy atom. The minimum absolute atomic E-state index is 0.804. The lowest BCUT2D eigenvalue weighted by molar-refractivity contribution is -0.139. The Balaban J connectivity index is 4.64. The smallest absolute Gasteiger partial charge is 0.222 e. The molecule has 0 unspecified atom stereocenters. The summed E-state index contributed by atoms with van der Waals surface area (Å²) in [6.45, 7) is 0.722. The van der Waals surface area contributed by atoms with Crippen molar-refractivity contribution in [2.45, 2.75) is 31.3 Å². The normalized spacial score (nSPS) is 18.7. The van der Waals surface area contributed by atoms with Crippen LogP contribution in [0, 0.1) is 0 Å². The Labute approximate surface area is 98.2 Å². The second kappa shape index (κ2) is 7.25. The third-order valence-electron chi connectivity index (χ3n) is 2.16. The van der Waals surface area contributed by atoms with Gasteiger partial charge in [0.2, 0.25) is 11.6 Å². The molecule has 0 saturated heterocycles. The standard InChI is InChI=1S/C10H17NO6/c1-2-3-5(13)8(15)7(11)10(17)9(16)6(14)4-12/h2-3,6-7,9-10,12,14,16-17H,4,11H2,1H3/b3-2+/t6-,7-,9-,10-/m1/s1. The Hall–Kier alpha value is -1.12. The van der Waals surface area contributed by atoms with E-state index in [1.165, 1.54) is 13.0 Å². The second-order valence-electron chi connectivity index (χ2n) is 3.49. The Morgan fingerprint density at radius 2 is 1.76 bits per heavy atom. The number of carbonyl (C=O) groups is 2. The number of aliphatic hydroxyl groups excluding tert-OH is 4. The first-order chi connectivity index (χ1) is 7.86. The molecule has 0 radical (unpaired) electrons. The highest BCUT2D eigenvalue weighted by Crippen LogP contribution is 2.05. The molecular formula is C10H17NO6. The molecule has 0 aliphatic rings. The van der Waals surface area contributed by atoms with Crippen LogP contribution in [0.25, 0.3) is 0 Å². The maximum absolute atomic E-state index is 11.3. The SMILES string of the molecule is C/C=C/C(=O)C(=O)[C@@H](N)[C@@H](O)[C@H](O)[C@H](O)CO. The maximum atomic E-state index is 11.3. The van der Waals surface area contributed by atoms with Gasteiger partial charge in [-0.1, -0.05) is 6.08 Å². The summed E-state index contributed by atoms with van der Waals surface area (Å²) in [5.74, 6) is -2.00. The predicted molar refractivity (Wildman–Crippen MR) is 57.9 cm³/mol. The molecule has 7 heteroatoms. The monoisotopic (exact) mass is 247 g/mol. The Kier molecular flexibility index (Phi) is 6.78. The maximum Gasteiger partial charge on any atom is 0.222 e. The zero-order valence-electron chi connectivity index (χ0n) is 9.35. The number of aliphatic hydroxyl groups is 4. The van der Waals surface area contributed by atoms with Gasteiger partial charge in [0.25, 0.3) is 0 Å². The first-order valence-electron chi connectivity index (χ1n) is 4.98. The van der Waals surface area contributed by atoms with Gasteiger partial charge in [-0.3, -0.25) is 9.59 Å². The van der Waals surface area contributed by atoms with Crippen LogP contribution in [-0.4, -0.2) is 63.0 Å². The highest BCUT2D eigenvalue weighted by atomic mass is 16.4. The van der Waals surface area contributed by atoms with Crippen molar-refractivity contribution in [1.29, 1.82) is 0 Å². The number of nitrogens with two attached hydrogens (primary N) is 1. The lowest BCUT2D eigenvalue weighted by Crippen LogP contribution is -2.54. The molecule has 4 atom stereocenters. The molecule has 0 amide bonds. The number of rotatable bonds is 7. The summed E-state index contributed by atoms with van der Waals surface area (Å²) >= 11 is 0. The molecule has 0 aromatic heterocycles. The quantitative estimate of drug-likeness (QED) is 0.240. The van der Waals surface area contributed by atoms with Crippen LogP contribution in [0.2, 0.25) is 0 Å². The molecule has 0 saturated carbocycles. The number of allylic oxidation sites excluding steroid dienone is 2. The van der Waals surface area contributed by atoms with Gasteiger partial charge >= 0.3 is 0 Å². The molecule has 0 heterocycles. The van der Waals surface area contributed by atoms with Crippen molar-refractivity contribution in [1.82, 2.24) is 0 Å². The first-order valence-corrected chi connectivity index (χ1v) is 4.98. The Morgan fingerprint density at radius 1 is 1.24 bits per heavy atom. The van der Waals surface area contributed by atoms with Crippen molar-refractivity contribution in [3.05, 3.63) is 12.2 Å². The summed E-state index contributed by atoms with van der Waals surface area (Å²) in [5.41, 5.74) is 5.28. The summed E-state index contributed by atoms with van der Waals surface area (Å²) in [6, 6.07) is -1.66. The van der Waals surface area contributed by atoms with E-state index in [4.69, 9.17) is 15.9 Å².